The third kappa shape index (κ3) is 1.80. The summed E-state index contributed by atoms with van der Waals surface area (Å²) in [4.78, 5) is 11.1. The third-order valence-corrected chi connectivity index (χ3v) is 3.12. The molecule has 2 heterocycles. The second-order valence-corrected chi connectivity index (χ2v) is 4.30. The van der Waals surface area contributed by atoms with Gasteiger partial charge in [-0.3, -0.25) is 4.79 Å². The Morgan fingerprint density at radius 3 is 2.63 bits per heavy atom. The number of aromatic nitrogens is 1. The van der Waals surface area contributed by atoms with E-state index in [-0.39, 0.29) is 16.5 Å². The lowest BCUT2D eigenvalue weighted by molar-refractivity contribution is 0.111. The number of ether oxygens (including phenoxy) is 2. The lowest BCUT2D eigenvalue weighted by Crippen LogP contribution is -2.17. The Morgan fingerprint density at radius 1 is 1.26 bits per heavy atom. The van der Waals surface area contributed by atoms with Gasteiger partial charge in [-0.05, 0) is 6.07 Å². The quantitative estimate of drug-likeness (QED) is 0.848. The largest absolute Gasteiger partial charge is 0.485 e. The average Bonchev–Trinajstić information content (AvgIpc) is 2.84. The molecule has 2 aromatic rings. The number of rotatable bonds is 2. The number of halogens is 1. The van der Waals surface area contributed by atoms with E-state index in [1.807, 2.05) is 0 Å². The molecule has 2 N–H and O–H groups in total. The van der Waals surface area contributed by atoms with E-state index in [0.717, 1.165) is 0 Å². The molecular weight excluding hydrogens is 272 g/mol. The molecule has 1 aliphatic rings. The van der Waals surface area contributed by atoms with Crippen LogP contribution in [0.2, 0.25) is 5.02 Å². The molecule has 0 saturated carbocycles. The third-order valence-electron chi connectivity index (χ3n) is 2.81. The molecule has 6 nitrogen and oxygen atoms in total. The van der Waals surface area contributed by atoms with Crippen molar-refractivity contribution in [2.24, 2.45) is 0 Å². The van der Waals surface area contributed by atoms with Gasteiger partial charge in [0.05, 0.1) is 22.3 Å². The molecule has 0 amide bonds. The molecule has 98 valence electrons. The Morgan fingerprint density at radius 2 is 2.00 bits per heavy atom. The highest BCUT2D eigenvalue weighted by molar-refractivity contribution is 6.33. The molecular formula is C12H9ClN2O4. The van der Waals surface area contributed by atoms with Crippen LogP contribution in [-0.4, -0.2) is 24.7 Å². The molecule has 3 rings (SSSR count). The molecule has 0 bridgehead atoms. The predicted octanol–water partition coefficient (Wildman–Crippen LogP) is 2.16. The van der Waals surface area contributed by atoms with Crippen LogP contribution >= 0.6 is 11.6 Å². The summed E-state index contributed by atoms with van der Waals surface area (Å²) in [6.07, 6.45) is 2.09. The summed E-state index contributed by atoms with van der Waals surface area (Å²) >= 11 is 6.08. The lowest BCUT2D eigenvalue weighted by atomic mass is 10.0. The fourth-order valence-electron chi connectivity index (χ4n) is 1.96. The van der Waals surface area contributed by atoms with Crippen molar-refractivity contribution >= 4 is 23.8 Å². The van der Waals surface area contributed by atoms with Crippen molar-refractivity contribution in [3.8, 4) is 22.6 Å². The van der Waals surface area contributed by atoms with Gasteiger partial charge in [0.15, 0.2) is 17.8 Å². The van der Waals surface area contributed by atoms with E-state index in [4.69, 9.17) is 31.3 Å². The van der Waals surface area contributed by atoms with Crippen molar-refractivity contribution in [3.05, 3.63) is 22.8 Å². The van der Waals surface area contributed by atoms with Crippen molar-refractivity contribution in [2.45, 2.75) is 0 Å². The van der Waals surface area contributed by atoms with Gasteiger partial charge >= 0.3 is 0 Å². The van der Waals surface area contributed by atoms with Crippen molar-refractivity contribution in [1.82, 2.24) is 5.16 Å². The van der Waals surface area contributed by atoms with Crippen LogP contribution in [-0.2, 0) is 0 Å². The van der Waals surface area contributed by atoms with Gasteiger partial charge in [-0.1, -0.05) is 16.8 Å². The molecule has 0 aliphatic carbocycles. The molecule has 0 saturated heterocycles. The molecule has 0 unspecified atom stereocenters. The van der Waals surface area contributed by atoms with Crippen LogP contribution in [0, 0.1) is 0 Å². The van der Waals surface area contributed by atoms with E-state index in [0.29, 0.717) is 42.1 Å². The first-order chi connectivity index (χ1) is 9.22. The minimum absolute atomic E-state index is 0.145. The van der Waals surface area contributed by atoms with Gasteiger partial charge in [0.1, 0.15) is 13.2 Å². The number of nitrogen functional groups attached to an aromatic ring is 1. The summed E-state index contributed by atoms with van der Waals surface area (Å²) in [5.74, 6) is 0.892. The molecule has 0 atom stereocenters. The molecule has 0 fully saturated rings. The van der Waals surface area contributed by atoms with Gasteiger partial charge in [-0.2, -0.15) is 0 Å². The number of carbonyl (C=O) groups excluding carboxylic acids is 1. The van der Waals surface area contributed by atoms with Crippen LogP contribution in [0.15, 0.2) is 16.8 Å². The smallest absolute Gasteiger partial charge is 0.230 e. The van der Waals surface area contributed by atoms with E-state index < -0.39 is 0 Å². The summed E-state index contributed by atoms with van der Waals surface area (Å²) in [5, 5.41) is 3.87. The normalized spacial score (nSPS) is 13.3. The summed E-state index contributed by atoms with van der Waals surface area (Å²) in [6, 6.07) is 1.59. The highest BCUT2D eigenvalue weighted by Gasteiger charge is 2.25. The van der Waals surface area contributed by atoms with Crippen LogP contribution in [0.1, 0.15) is 10.4 Å². The van der Waals surface area contributed by atoms with Gasteiger partial charge in [-0.25, -0.2) is 0 Å². The number of carbonyl (C=O) groups is 1. The highest BCUT2D eigenvalue weighted by Crippen LogP contribution is 2.46. The Balaban J connectivity index is 2.29. The van der Waals surface area contributed by atoms with Crippen LogP contribution in [0.4, 0.5) is 5.88 Å². The molecule has 7 heteroatoms. The fraction of sp³-hybridized carbons (Fsp3) is 0.167. The topological polar surface area (TPSA) is 87.6 Å². The summed E-state index contributed by atoms with van der Waals surface area (Å²) < 4.78 is 15.9. The summed E-state index contributed by atoms with van der Waals surface area (Å²) in [5.41, 5.74) is 7.08. The monoisotopic (exact) mass is 280 g/mol. The number of benzene rings is 1. The average molecular weight is 281 g/mol. The maximum Gasteiger partial charge on any atom is 0.230 e. The maximum atomic E-state index is 11.1. The SMILES string of the molecule is Nc1oncc1-c1cc(Cl)c(C=O)c2c1OCCO2. The Hall–Kier alpha value is -2.21. The standard InChI is InChI=1S/C12H9ClN2O4/c13-9-3-6(7-4-15-19-12(7)14)10-11(8(9)5-16)18-2-1-17-10/h3-5H,1-2,14H2. The zero-order valence-corrected chi connectivity index (χ0v) is 10.4. The number of hydrogen-bond donors (Lipinski definition) is 1. The zero-order chi connectivity index (χ0) is 13.4. The van der Waals surface area contributed by atoms with Crippen molar-refractivity contribution in [1.29, 1.82) is 0 Å². The first kappa shape index (κ1) is 11.9. The lowest BCUT2D eigenvalue weighted by Gasteiger charge is -2.22. The predicted molar refractivity (Wildman–Crippen MR) is 67.7 cm³/mol. The van der Waals surface area contributed by atoms with Gasteiger partial charge in [0, 0.05) is 5.56 Å². The molecule has 1 aliphatic heterocycles. The van der Waals surface area contributed by atoms with Gasteiger partial charge in [0.25, 0.3) is 0 Å². The molecule has 19 heavy (non-hydrogen) atoms. The van der Waals surface area contributed by atoms with E-state index >= 15 is 0 Å². The number of aldehydes is 1. The van der Waals surface area contributed by atoms with Crippen LogP contribution in [0.3, 0.4) is 0 Å². The molecule has 1 aromatic heterocycles. The minimum atomic E-state index is 0.145. The maximum absolute atomic E-state index is 11.1. The highest BCUT2D eigenvalue weighted by atomic mass is 35.5. The van der Waals surface area contributed by atoms with Gasteiger partial charge in [0.2, 0.25) is 5.88 Å². The number of anilines is 1. The minimum Gasteiger partial charge on any atom is -0.485 e. The Bertz CT molecular complexity index is 653. The van der Waals surface area contributed by atoms with E-state index in [2.05, 4.69) is 5.16 Å². The summed E-state index contributed by atoms with van der Waals surface area (Å²) in [7, 11) is 0. The molecule has 0 spiro atoms. The summed E-state index contributed by atoms with van der Waals surface area (Å²) in [6.45, 7) is 0.734. The Kier molecular flexibility index (Phi) is 2.79. The van der Waals surface area contributed by atoms with Crippen molar-refractivity contribution in [3.63, 3.8) is 0 Å². The first-order valence-corrected chi connectivity index (χ1v) is 5.88. The second-order valence-electron chi connectivity index (χ2n) is 3.90. The molecule has 1 aromatic carbocycles. The number of nitrogens with zero attached hydrogens (tertiary/aromatic N) is 1. The Labute approximate surface area is 113 Å². The van der Waals surface area contributed by atoms with Crippen molar-refractivity contribution in [2.75, 3.05) is 18.9 Å². The van der Waals surface area contributed by atoms with Crippen LogP contribution in [0.5, 0.6) is 11.5 Å². The zero-order valence-electron chi connectivity index (χ0n) is 9.68. The molecule has 0 radical (unpaired) electrons. The van der Waals surface area contributed by atoms with Crippen LogP contribution in [0.25, 0.3) is 11.1 Å². The van der Waals surface area contributed by atoms with E-state index in [9.17, 15) is 4.79 Å². The number of hydrogen-bond acceptors (Lipinski definition) is 6. The van der Waals surface area contributed by atoms with E-state index in [1.54, 1.807) is 6.07 Å². The fourth-order valence-corrected chi connectivity index (χ4v) is 2.20. The van der Waals surface area contributed by atoms with Crippen LogP contribution < -0.4 is 15.2 Å². The number of fused-ring (bicyclic) bond motifs is 1. The first-order valence-electron chi connectivity index (χ1n) is 5.50. The van der Waals surface area contributed by atoms with Gasteiger partial charge < -0.3 is 19.7 Å². The van der Waals surface area contributed by atoms with Crippen molar-refractivity contribution < 1.29 is 18.8 Å². The second kappa shape index (κ2) is 4.47. The number of nitrogens with two attached hydrogens (primary N) is 1. The van der Waals surface area contributed by atoms with E-state index in [1.165, 1.54) is 6.20 Å². The van der Waals surface area contributed by atoms with Gasteiger partial charge in [-0.15, -0.1) is 0 Å².